The van der Waals surface area contributed by atoms with Gasteiger partial charge < -0.3 is 20.3 Å². The van der Waals surface area contributed by atoms with Crippen molar-refractivity contribution in [3.63, 3.8) is 0 Å². The summed E-state index contributed by atoms with van der Waals surface area (Å²) in [5.74, 6) is -0.626. The van der Waals surface area contributed by atoms with E-state index in [4.69, 9.17) is 4.74 Å². The number of hydrogen-bond donors (Lipinski definition) is 2. The Bertz CT molecular complexity index is 1040. The number of carbonyl (C=O) groups is 3. The molecule has 2 aromatic rings. The molecular weight excluding hydrogens is 478 g/mol. The zero-order chi connectivity index (χ0) is 28.1. The Morgan fingerprint density at radius 1 is 0.921 bits per heavy atom. The van der Waals surface area contributed by atoms with Crippen LogP contribution in [-0.2, 0) is 20.7 Å². The van der Waals surface area contributed by atoms with Gasteiger partial charge in [0.2, 0.25) is 5.91 Å². The minimum absolute atomic E-state index is 0.259. The molecule has 2 rings (SSSR count). The molecular formula is C31H45N3O4. The predicted octanol–water partition coefficient (Wildman–Crippen LogP) is 6.56. The molecule has 1 atom stereocenters. The molecule has 0 saturated heterocycles. The molecule has 0 fully saturated rings. The maximum atomic E-state index is 13.8. The number of nitrogens with one attached hydrogen (secondary N) is 2. The first-order valence-corrected chi connectivity index (χ1v) is 13.8. The van der Waals surface area contributed by atoms with Gasteiger partial charge in [-0.1, -0.05) is 82.0 Å². The highest BCUT2D eigenvalue weighted by Gasteiger charge is 2.32. The molecule has 0 radical (unpaired) electrons. The number of unbranched alkanes of at least 4 members (excludes halogenated alkanes) is 4. The SMILES string of the molecule is CCCCCCCN(C(=O)CNC(=O)OC(C)(C)C)C(C(=O)Nc1ccccc1C)c1ccc(CC)cc1. The Hall–Kier alpha value is -3.35. The van der Waals surface area contributed by atoms with Gasteiger partial charge in [-0.3, -0.25) is 9.59 Å². The lowest BCUT2D eigenvalue weighted by atomic mass is 10.0. The quantitative estimate of drug-likeness (QED) is 0.291. The monoisotopic (exact) mass is 523 g/mol. The maximum absolute atomic E-state index is 13.8. The van der Waals surface area contributed by atoms with Crippen molar-refractivity contribution in [2.75, 3.05) is 18.4 Å². The summed E-state index contributed by atoms with van der Waals surface area (Å²) in [5, 5.41) is 5.60. The van der Waals surface area contributed by atoms with Gasteiger partial charge in [-0.25, -0.2) is 4.79 Å². The van der Waals surface area contributed by atoms with E-state index in [2.05, 4.69) is 24.5 Å². The van der Waals surface area contributed by atoms with Gasteiger partial charge in [0.1, 0.15) is 18.2 Å². The molecule has 38 heavy (non-hydrogen) atoms. The normalized spacial score (nSPS) is 11.9. The van der Waals surface area contributed by atoms with Crippen molar-refractivity contribution < 1.29 is 19.1 Å². The Balaban J connectivity index is 2.36. The Labute approximate surface area is 228 Å². The van der Waals surface area contributed by atoms with Crippen LogP contribution in [0.15, 0.2) is 48.5 Å². The van der Waals surface area contributed by atoms with Crippen LogP contribution in [0.2, 0.25) is 0 Å². The first-order chi connectivity index (χ1) is 18.1. The molecule has 0 saturated carbocycles. The molecule has 1 unspecified atom stereocenters. The van der Waals surface area contributed by atoms with Crippen LogP contribution >= 0.6 is 0 Å². The number of rotatable bonds is 13. The highest BCUT2D eigenvalue weighted by Crippen LogP contribution is 2.26. The van der Waals surface area contributed by atoms with Gasteiger partial charge in [-0.05, 0) is 63.3 Å². The third-order valence-electron chi connectivity index (χ3n) is 6.27. The summed E-state index contributed by atoms with van der Waals surface area (Å²) in [6, 6.07) is 14.5. The number of carbonyl (C=O) groups excluding carboxylic acids is 3. The summed E-state index contributed by atoms with van der Waals surface area (Å²) in [4.78, 5) is 41.2. The average molecular weight is 524 g/mol. The highest BCUT2D eigenvalue weighted by atomic mass is 16.6. The topological polar surface area (TPSA) is 87.7 Å². The fraction of sp³-hybridized carbons (Fsp3) is 0.516. The zero-order valence-electron chi connectivity index (χ0n) is 23.9. The summed E-state index contributed by atoms with van der Waals surface area (Å²) in [6.07, 6.45) is 5.25. The number of hydrogen-bond acceptors (Lipinski definition) is 4. The molecule has 2 aromatic carbocycles. The number of amides is 3. The number of anilines is 1. The Morgan fingerprint density at radius 2 is 1.58 bits per heavy atom. The number of para-hydroxylation sites is 1. The van der Waals surface area contributed by atoms with E-state index in [1.54, 1.807) is 25.7 Å². The van der Waals surface area contributed by atoms with Crippen molar-refractivity contribution in [1.82, 2.24) is 10.2 Å². The van der Waals surface area contributed by atoms with Crippen LogP contribution in [0.3, 0.4) is 0 Å². The van der Waals surface area contributed by atoms with Crippen molar-refractivity contribution in [2.24, 2.45) is 0 Å². The van der Waals surface area contributed by atoms with Gasteiger partial charge in [-0.2, -0.15) is 0 Å². The molecule has 0 spiro atoms. The first-order valence-electron chi connectivity index (χ1n) is 13.8. The van der Waals surface area contributed by atoms with E-state index < -0.39 is 17.7 Å². The molecule has 0 aromatic heterocycles. The van der Waals surface area contributed by atoms with E-state index in [9.17, 15) is 14.4 Å². The lowest BCUT2D eigenvalue weighted by Crippen LogP contribution is -2.47. The number of nitrogens with zero attached hydrogens (tertiary/aromatic N) is 1. The summed E-state index contributed by atoms with van der Waals surface area (Å²) >= 11 is 0. The zero-order valence-corrected chi connectivity index (χ0v) is 23.9. The predicted molar refractivity (Wildman–Crippen MR) is 153 cm³/mol. The summed E-state index contributed by atoms with van der Waals surface area (Å²) in [5.41, 5.74) is 2.84. The molecule has 7 nitrogen and oxygen atoms in total. The molecule has 208 valence electrons. The highest BCUT2D eigenvalue weighted by molar-refractivity contribution is 5.98. The third kappa shape index (κ3) is 10.2. The van der Waals surface area contributed by atoms with Crippen LogP contribution in [0.5, 0.6) is 0 Å². The summed E-state index contributed by atoms with van der Waals surface area (Å²) < 4.78 is 5.30. The largest absolute Gasteiger partial charge is 0.444 e. The minimum atomic E-state index is -0.848. The summed E-state index contributed by atoms with van der Waals surface area (Å²) in [7, 11) is 0. The van der Waals surface area contributed by atoms with Gasteiger partial charge in [0.15, 0.2) is 0 Å². The van der Waals surface area contributed by atoms with Crippen LogP contribution < -0.4 is 10.6 Å². The fourth-order valence-electron chi connectivity index (χ4n) is 4.17. The van der Waals surface area contributed by atoms with Crippen molar-refractivity contribution in [2.45, 2.75) is 91.7 Å². The number of alkyl carbamates (subject to hydrolysis) is 1. The Morgan fingerprint density at radius 3 is 2.18 bits per heavy atom. The number of benzene rings is 2. The second-order valence-electron chi connectivity index (χ2n) is 10.7. The third-order valence-corrected chi connectivity index (χ3v) is 6.27. The van der Waals surface area contributed by atoms with Gasteiger partial charge >= 0.3 is 6.09 Å². The molecule has 2 N–H and O–H groups in total. The second-order valence-corrected chi connectivity index (χ2v) is 10.7. The number of aryl methyl sites for hydroxylation is 2. The van der Waals surface area contributed by atoms with Crippen molar-refractivity contribution in [1.29, 1.82) is 0 Å². The van der Waals surface area contributed by atoms with Crippen LogP contribution in [0, 0.1) is 6.92 Å². The van der Waals surface area contributed by atoms with Crippen molar-refractivity contribution in [3.8, 4) is 0 Å². The van der Waals surface area contributed by atoms with Crippen LogP contribution in [-0.4, -0.2) is 41.5 Å². The van der Waals surface area contributed by atoms with Gasteiger partial charge in [-0.15, -0.1) is 0 Å². The lowest BCUT2D eigenvalue weighted by molar-refractivity contribution is -0.138. The molecule has 7 heteroatoms. The standard InChI is InChI=1S/C31H45N3O4/c1-7-9-10-11-14-21-34(27(35)22-32-30(37)38-31(4,5)6)28(25-19-17-24(8-2)18-20-25)29(36)33-26-16-13-12-15-23(26)3/h12-13,15-20,28H,7-11,14,21-22H2,1-6H3,(H,32,37)(H,33,36). The number of ether oxygens (including phenoxy) is 1. The molecule has 0 aliphatic rings. The maximum Gasteiger partial charge on any atom is 0.408 e. The summed E-state index contributed by atoms with van der Waals surface area (Å²) in [6.45, 7) is 11.6. The van der Waals surface area contributed by atoms with E-state index >= 15 is 0 Å². The molecule has 0 heterocycles. The van der Waals surface area contributed by atoms with E-state index in [1.165, 1.54) is 0 Å². The van der Waals surface area contributed by atoms with E-state index in [1.807, 2.05) is 55.5 Å². The van der Waals surface area contributed by atoms with Crippen LogP contribution in [0.1, 0.15) is 89.5 Å². The van der Waals surface area contributed by atoms with Crippen LogP contribution in [0.25, 0.3) is 0 Å². The van der Waals surface area contributed by atoms with E-state index in [0.29, 0.717) is 12.2 Å². The lowest BCUT2D eigenvalue weighted by Gasteiger charge is -2.32. The minimum Gasteiger partial charge on any atom is -0.444 e. The average Bonchev–Trinajstić information content (AvgIpc) is 2.87. The smallest absolute Gasteiger partial charge is 0.408 e. The van der Waals surface area contributed by atoms with Gasteiger partial charge in [0, 0.05) is 12.2 Å². The molecule has 0 aliphatic carbocycles. The first kappa shape index (κ1) is 30.9. The van der Waals surface area contributed by atoms with Crippen LogP contribution in [0.4, 0.5) is 10.5 Å². The Kier molecular flexibility index (Phi) is 12.3. The van der Waals surface area contributed by atoms with Gasteiger partial charge in [0.05, 0.1) is 0 Å². The molecule has 3 amide bonds. The fourth-order valence-corrected chi connectivity index (χ4v) is 4.17. The van der Waals surface area contributed by atoms with Crippen molar-refractivity contribution >= 4 is 23.6 Å². The molecule has 0 aliphatic heterocycles. The van der Waals surface area contributed by atoms with Gasteiger partial charge in [0.25, 0.3) is 5.91 Å². The second kappa shape index (κ2) is 15.2. The molecule has 0 bridgehead atoms. The van der Waals surface area contributed by atoms with E-state index in [-0.39, 0.29) is 18.4 Å². The van der Waals surface area contributed by atoms with Crippen molar-refractivity contribution in [3.05, 3.63) is 65.2 Å². The van der Waals surface area contributed by atoms with E-state index in [0.717, 1.165) is 55.2 Å².